The molecule has 0 saturated carbocycles. The van der Waals surface area contributed by atoms with Gasteiger partial charge in [0.1, 0.15) is 17.5 Å². The molecule has 2 amide bonds. The molecule has 3 rings (SSSR count). The molecule has 1 unspecified atom stereocenters. The number of carbonyl (C=O) groups is 2. The predicted octanol–water partition coefficient (Wildman–Crippen LogP) is 2.22. The van der Waals surface area contributed by atoms with Crippen molar-refractivity contribution in [2.24, 2.45) is 0 Å². The fourth-order valence-corrected chi connectivity index (χ4v) is 4.15. The largest absolute Gasteiger partial charge is 0.496 e. The van der Waals surface area contributed by atoms with Crippen molar-refractivity contribution >= 4 is 11.8 Å². The Morgan fingerprint density at radius 2 is 1.62 bits per heavy atom. The highest BCUT2D eigenvalue weighted by molar-refractivity contribution is 5.95. The van der Waals surface area contributed by atoms with Gasteiger partial charge in [-0.15, -0.1) is 0 Å². The van der Waals surface area contributed by atoms with Gasteiger partial charge < -0.3 is 19.3 Å². The Balaban J connectivity index is 2.04. The normalized spacial score (nSPS) is 19.3. The molecule has 6 heteroatoms. The van der Waals surface area contributed by atoms with Gasteiger partial charge >= 0.3 is 0 Å². The minimum Gasteiger partial charge on any atom is -0.496 e. The van der Waals surface area contributed by atoms with Crippen LogP contribution in [0.2, 0.25) is 0 Å². The number of benzene rings is 1. The molecule has 142 valence electrons. The highest BCUT2D eigenvalue weighted by atomic mass is 16.5. The van der Waals surface area contributed by atoms with Crippen LogP contribution in [0.25, 0.3) is 0 Å². The van der Waals surface area contributed by atoms with Crippen LogP contribution >= 0.6 is 0 Å². The molecule has 0 spiro atoms. The molecule has 0 aliphatic carbocycles. The Labute approximate surface area is 155 Å². The molecule has 2 heterocycles. The molecular weight excluding hydrogens is 332 g/mol. The molecule has 0 N–H and O–H groups in total. The first-order valence-electron chi connectivity index (χ1n) is 9.25. The lowest BCUT2D eigenvalue weighted by Gasteiger charge is -2.44. The molecule has 1 aromatic rings. The summed E-state index contributed by atoms with van der Waals surface area (Å²) in [6, 6.07) is -0.443. The van der Waals surface area contributed by atoms with E-state index in [4.69, 9.17) is 9.47 Å². The number of amides is 2. The molecule has 1 fully saturated rings. The first-order chi connectivity index (χ1) is 12.4. The third-order valence-electron chi connectivity index (χ3n) is 5.69. The Bertz CT molecular complexity index is 744. The molecule has 2 aliphatic heterocycles. The summed E-state index contributed by atoms with van der Waals surface area (Å²) in [5.41, 5.74) is 4.00. The van der Waals surface area contributed by atoms with Crippen molar-refractivity contribution in [3.8, 4) is 11.5 Å². The van der Waals surface area contributed by atoms with E-state index in [2.05, 4.69) is 6.92 Å². The van der Waals surface area contributed by atoms with Crippen LogP contribution in [0.5, 0.6) is 11.5 Å². The van der Waals surface area contributed by atoms with Crippen molar-refractivity contribution in [3.63, 3.8) is 0 Å². The number of hydrogen-bond donors (Lipinski definition) is 0. The van der Waals surface area contributed by atoms with Crippen molar-refractivity contribution in [3.05, 3.63) is 22.3 Å². The lowest BCUT2D eigenvalue weighted by Crippen LogP contribution is -2.61. The predicted molar refractivity (Wildman–Crippen MR) is 98.6 cm³/mol. The number of piperazine rings is 1. The molecule has 6 nitrogen and oxygen atoms in total. The zero-order valence-electron chi connectivity index (χ0n) is 16.3. The summed E-state index contributed by atoms with van der Waals surface area (Å²) < 4.78 is 11.3. The van der Waals surface area contributed by atoms with E-state index in [1.54, 1.807) is 24.0 Å². The van der Waals surface area contributed by atoms with E-state index < -0.39 is 6.04 Å². The second-order valence-electron chi connectivity index (χ2n) is 7.13. The first-order valence-corrected chi connectivity index (χ1v) is 9.25. The summed E-state index contributed by atoms with van der Waals surface area (Å²) in [6.07, 6.45) is 2.39. The number of hydrogen-bond acceptors (Lipinski definition) is 4. The Morgan fingerprint density at radius 3 is 2.19 bits per heavy atom. The van der Waals surface area contributed by atoms with Crippen molar-refractivity contribution in [1.82, 2.24) is 9.80 Å². The van der Waals surface area contributed by atoms with Gasteiger partial charge in [-0.05, 0) is 31.4 Å². The van der Waals surface area contributed by atoms with E-state index in [0.717, 1.165) is 46.6 Å². The van der Waals surface area contributed by atoms with Gasteiger partial charge in [-0.25, -0.2) is 0 Å². The molecule has 0 radical (unpaired) electrons. The minimum absolute atomic E-state index is 0.00982. The van der Waals surface area contributed by atoms with Gasteiger partial charge in [0.25, 0.3) is 0 Å². The highest BCUT2D eigenvalue weighted by Crippen LogP contribution is 2.43. The van der Waals surface area contributed by atoms with Crippen molar-refractivity contribution in [2.75, 3.05) is 27.3 Å². The van der Waals surface area contributed by atoms with E-state index in [9.17, 15) is 9.59 Å². The summed E-state index contributed by atoms with van der Waals surface area (Å²) in [6.45, 7) is 7.30. The third kappa shape index (κ3) is 2.81. The van der Waals surface area contributed by atoms with Crippen LogP contribution in [0.1, 0.15) is 42.0 Å². The average molecular weight is 360 g/mol. The van der Waals surface area contributed by atoms with Crippen LogP contribution in [-0.4, -0.2) is 55.0 Å². The van der Waals surface area contributed by atoms with Gasteiger partial charge in [-0.3, -0.25) is 9.59 Å². The molecular formula is C20H28N2O4. The van der Waals surface area contributed by atoms with E-state index in [0.29, 0.717) is 19.5 Å². The van der Waals surface area contributed by atoms with Crippen molar-refractivity contribution in [1.29, 1.82) is 0 Å². The molecule has 1 atom stereocenters. The lowest BCUT2D eigenvalue weighted by molar-refractivity contribution is -0.157. The van der Waals surface area contributed by atoms with Gasteiger partial charge in [-0.1, -0.05) is 13.3 Å². The van der Waals surface area contributed by atoms with E-state index in [-0.39, 0.29) is 18.4 Å². The monoisotopic (exact) mass is 360 g/mol. The molecule has 0 aromatic heterocycles. The summed E-state index contributed by atoms with van der Waals surface area (Å²) in [5, 5.41) is 0. The summed E-state index contributed by atoms with van der Waals surface area (Å²) in [5.74, 6) is 1.66. The van der Waals surface area contributed by atoms with E-state index >= 15 is 0 Å². The molecule has 26 heavy (non-hydrogen) atoms. The number of unbranched alkanes of at least 4 members (excludes halogenated alkanes) is 1. The number of nitrogens with zero attached hydrogens (tertiary/aromatic N) is 2. The van der Waals surface area contributed by atoms with E-state index in [1.165, 1.54) is 0 Å². The van der Waals surface area contributed by atoms with Crippen LogP contribution in [-0.2, 0) is 22.6 Å². The van der Waals surface area contributed by atoms with Gasteiger partial charge in [0.05, 0.1) is 27.3 Å². The number of rotatable bonds is 5. The minimum atomic E-state index is -0.443. The maximum absolute atomic E-state index is 13.0. The molecule has 1 aromatic carbocycles. The zero-order valence-corrected chi connectivity index (χ0v) is 16.3. The molecule has 0 bridgehead atoms. The maximum atomic E-state index is 13.0. The Morgan fingerprint density at radius 1 is 1.00 bits per heavy atom. The summed E-state index contributed by atoms with van der Waals surface area (Å²) in [7, 11) is 3.30. The number of fused-ring (bicyclic) bond motifs is 2. The molecule has 1 saturated heterocycles. The highest BCUT2D eigenvalue weighted by Gasteiger charge is 2.43. The fourth-order valence-electron chi connectivity index (χ4n) is 4.15. The number of methoxy groups -OCH3 is 2. The SMILES string of the molecule is CCCCN1CC(=O)N2Cc3c(c(OC)c(C)c(C)c3OC)CC2C1=O. The standard InChI is InChI=1S/C20H28N2O4/c1-6-7-8-21-11-17(23)22-10-15-14(9-16(22)20(21)24)18(25-4)12(2)13(3)19(15)26-5/h16H,6-11H2,1-5H3. The van der Waals surface area contributed by atoms with Crippen LogP contribution in [0.4, 0.5) is 0 Å². The fraction of sp³-hybridized carbons (Fsp3) is 0.600. The summed E-state index contributed by atoms with van der Waals surface area (Å²) >= 11 is 0. The topological polar surface area (TPSA) is 59.1 Å². The van der Waals surface area contributed by atoms with Crippen LogP contribution in [0.3, 0.4) is 0 Å². The van der Waals surface area contributed by atoms with Gasteiger partial charge in [0.15, 0.2) is 0 Å². The maximum Gasteiger partial charge on any atom is 0.246 e. The van der Waals surface area contributed by atoms with Crippen LogP contribution < -0.4 is 9.47 Å². The average Bonchev–Trinajstić information content (AvgIpc) is 2.64. The van der Waals surface area contributed by atoms with Gasteiger partial charge in [0.2, 0.25) is 11.8 Å². The Kier molecular flexibility index (Phi) is 5.12. The second-order valence-corrected chi connectivity index (χ2v) is 7.13. The van der Waals surface area contributed by atoms with E-state index in [1.807, 2.05) is 13.8 Å². The van der Waals surface area contributed by atoms with Crippen molar-refractivity contribution in [2.45, 2.75) is 52.6 Å². The first kappa shape index (κ1) is 18.5. The van der Waals surface area contributed by atoms with Gasteiger partial charge in [0, 0.05) is 24.1 Å². The zero-order chi connectivity index (χ0) is 19.0. The summed E-state index contributed by atoms with van der Waals surface area (Å²) in [4.78, 5) is 29.1. The van der Waals surface area contributed by atoms with Crippen molar-refractivity contribution < 1.29 is 19.1 Å². The third-order valence-corrected chi connectivity index (χ3v) is 5.69. The Hall–Kier alpha value is -2.24. The second kappa shape index (κ2) is 7.17. The van der Waals surface area contributed by atoms with Crippen LogP contribution in [0.15, 0.2) is 0 Å². The van der Waals surface area contributed by atoms with Crippen LogP contribution in [0, 0.1) is 13.8 Å². The van der Waals surface area contributed by atoms with Gasteiger partial charge in [-0.2, -0.15) is 0 Å². The number of carbonyl (C=O) groups excluding carboxylic acids is 2. The number of ether oxygens (including phenoxy) is 2. The quantitative estimate of drug-likeness (QED) is 0.808. The lowest BCUT2D eigenvalue weighted by atomic mass is 9.86. The molecule has 2 aliphatic rings. The smallest absolute Gasteiger partial charge is 0.246 e.